The van der Waals surface area contributed by atoms with Gasteiger partial charge in [0.15, 0.2) is 5.78 Å². The van der Waals surface area contributed by atoms with E-state index in [9.17, 15) is 9.59 Å². The van der Waals surface area contributed by atoms with Gasteiger partial charge in [0.1, 0.15) is 6.54 Å². The highest BCUT2D eigenvalue weighted by molar-refractivity contribution is 6.03. The lowest BCUT2D eigenvalue weighted by atomic mass is 9.83. The van der Waals surface area contributed by atoms with Gasteiger partial charge in [-0.15, -0.1) is 0 Å². The molecule has 0 radical (unpaired) electrons. The summed E-state index contributed by atoms with van der Waals surface area (Å²) in [4.78, 5) is 23.1. The van der Waals surface area contributed by atoms with Crippen LogP contribution >= 0.6 is 0 Å². The molecule has 1 aliphatic rings. The van der Waals surface area contributed by atoms with Crippen molar-refractivity contribution in [3.05, 3.63) is 29.8 Å². The van der Waals surface area contributed by atoms with E-state index in [1.807, 2.05) is 12.1 Å². The van der Waals surface area contributed by atoms with Gasteiger partial charge in [0.25, 0.3) is 0 Å². The van der Waals surface area contributed by atoms with E-state index in [0.29, 0.717) is 11.3 Å². The average Bonchev–Trinajstić information content (AvgIpc) is 2.45. The molecule has 1 saturated carbocycles. The van der Waals surface area contributed by atoms with E-state index in [0.717, 1.165) is 25.7 Å². The van der Waals surface area contributed by atoms with Crippen LogP contribution in [0.25, 0.3) is 0 Å². The first-order chi connectivity index (χ1) is 9.18. The van der Waals surface area contributed by atoms with Crippen LogP contribution < -0.4 is 5.32 Å². The largest absolute Gasteiger partial charge is 0.480 e. The predicted molar refractivity (Wildman–Crippen MR) is 73.5 cm³/mol. The van der Waals surface area contributed by atoms with Crippen molar-refractivity contribution < 1.29 is 14.7 Å². The molecule has 4 heteroatoms. The van der Waals surface area contributed by atoms with E-state index < -0.39 is 5.97 Å². The van der Waals surface area contributed by atoms with Crippen LogP contribution in [-0.2, 0) is 4.79 Å². The first-order valence-electron chi connectivity index (χ1n) is 6.77. The molecule has 0 saturated heterocycles. The normalized spacial score (nSPS) is 16.0. The Morgan fingerprint density at radius 3 is 2.53 bits per heavy atom. The average molecular weight is 261 g/mol. The van der Waals surface area contributed by atoms with Crippen molar-refractivity contribution in [2.75, 3.05) is 11.9 Å². The molecule has 4 nitrogen and oxygen atoms in total. The SMILES string of the molecule is O=C(O)CNc1ccccc1C(=O)C1CCCCC1. The Kier molecular flexibility index (Phi) is 4.55. The maximum atomic E-state index is 12.5. The molecule has 0 spiro atoms. The fraction of sp³-hybridized carbons (Fsp3) is 0.467. The number of Topliss-reactive ketones (excluding diaryl/α,β-unsaturated/α-hetero) is 1. The summed E-state index contributed by atoms with van der Waals surface area (Å²) in [7, 11) is 0. The van der Waals surface area contributed by atoms with Crippen molar-refractivity contribution in [3.63, 3.8) is 0 Å². The highest BCUT2D eigenvalue weighted by atomic mass is 16.4. The highest BCUT2D eigenvalue weighted by Gasteiger charge is 2.24. The Labute approximate surface area is 112 Å². The van der Waals surface area contributed by atoms with Crippen molar-refractivity contribution in [1.82, 2.24) is 0 Å². The molecule has 1 fully saturated rings. The van der Waals surface area contributed by atoms with E-state index in [4.69, 9.17) is 5.11 Å². The zero-order chi connectivity index (χ0) is 13.7. The number of carboxylic acids is 1. The Morgan fingerprint density at radius 1 is 1.16 bits per heavy atom. The van der Waals surface area contributed by atoms with E-state index in [-0.39, 0.29) is 18.2 Å². The van der Waals surface area contributed by atoms with Crippen molar-refractivity contribution in [2.24, 2.45) is 5.92 Å². The van der Waals surface area contributed by atoms with Crippen molar-refractivity contribution in [1.29, 1.82) is 0 Å². The molecule has 0 aliphatic heterocycles. The molecule has 2 rings (SSSR count). The molecule has 0 heterocycles. The lowest BCUT2D eigenvalue weighted by molar-refractivity contribution is -0.134. The van der Waals surface area contributed by atoms with Gasteiger partial charge in [0.2, 0.25) is 0 Å². The van der Waals surface area contributed by atoms with Crippen molar-refractivity contribution in [2.45, 2.75) is 32.1 Å². The number of carboxylic acid groups (broad SMARTS) is 1. The van der Waals surface area contributed by atoms with Gasteiger partial charge < -0.3 is 10.4 Å². The van der Waals surface area contributed by atoms with Crippen LogP contribution in [0.1, 0.15) is 42.5 Å². The van der Waals surface area contributed by atoms with Crippen LogP contribution in [0, 0.1) is 5.92 Å². The summed E-state index contributed by atoms with van der Waals surface area (Å²) in [5.41, 5.74) is 1.25. The highest BCUT2D eigenvalue weighted by Crippen LogP contribution is 2.29. The van der Waals surface area contributed by atoms with Gasteiger partial charge in [-0.05, 0) is 25.0 Å². The Balaban J connectivity index is 2.13. The predicted octanol–water partition coefficient (Wildman–Crippen LogP) is 2.95. The summed E-state index contributed by atoms with van der Waals surface area (Å²) >= 11 is 0. The van der Waals surface area contributed by atoms with Gasteiger partial charge in [0, 0.05) is 17.2 Å². The quantitative estimate of drug-likeness (QED) is 0.800. The van der Waals surface area contributed by atoms with E-state index in [1.165, 1.54) is 6.42 Å². The summed E-state index contributed by atoms with van der Waals surface area (Å²) < 4.78 is 0. The maximum Gasteiger partial charge on any atom is 0.322 e. The number of ketones is 1. The molecule has 19 heavy (non-hydrogen) atoms. The number of carbonyl (C=O) groups excluding carboxylic acids is 1. The number of hydrogen-bond acceptors (Lipinski definition) is 3. The molecule has 1 aromatic rings. The summed E-state index contributed by atoms with van der Waals surface area (Å²) in [5, 5.41) is 11.5. The monoisotopic (exact) mass is 261 g/mol. The third-order valence-electron chi connectivity index (χ3n) is 3.60. The second kappa shape index (κ2) is 6.36. The Morgan fingerprint density at radius 2 is 1.84 bits per heavy atom. The minimum absolute atomic E-state index is 0.0986. The summed E-state index contributed by atoms with van der Waals surface area (Å²) in [6, 6.07) is 7.17. The van der Waals surface area contributed by atoms with Gasteiger partial charge in [-0.2, -0.15) is 0 Å². The summed E-state index contributed by atoms with van der Waals surface area (Å²) in [6.07, 6.45) is 5.34. The van der Waals surface area contributed by atoms with Crippen LogP contribution in [-0.4, -0.2) is 23.4 Å². The van der Waals surface area contributed by atoms with Gasteiger partial charge in [-0.25, -0.2) is 0 Å². The smallest absolute Gasteiger partial charge is 0.322 e. The number of carbonyl (C=O) groups is 2. The molecule has 102 valence electrons. The van der Waals surface area contributed by atoms with Gasteiger partial charge >= 0.3 is 5.97 Å². The minimum Gasteiger partial charge on any atom is -0.480 e. The molecule has 2 N–H and O–H groups in total. The molecule has 0 atom stereocenters. The number of aliphatic carboxylic acids is 1. The molecule has 1 aromatic carbocycles. The zero-order valence-electron chi connectivity index (χ0n) is 10.9. The lowest BCUT2D eigenvalue weighted by Gasteiger charge is -2.21. The number of hydrogen-bond donors (Lipinski definition) is 2. The third-order valence-corrected chi connectivity index (χ3v) is 3.60. The molecule has 0 unspecified atom stereocenters. The molecular formula is C15H19NO3. The van der Waals surface area contributed by atoms with Crippen molar-refractivity contribution in [3.8, 4) is 0 Å². The number of anilines is 1. The van der Waals surface area contributed by atoms with Crippen LogP contribution in [0.4, 0.5) is 5.69 Å². The van der Waals surface area contributed by atoms with E-state index in [2.05, 4.69) is 5.32 Å². The van der Waals surface area contributed by atoms with Gasteiger partial charge in [0.05, 0.1) is 0 Å². The Bertz CT molecular complexity index is 464. The van der Waals surface area contributed by atoms with Gasteiger partial charge in [-0.1, -0.05) is 31.4 Å². The summed E-state index contributed by atoms with van der Waals surface area (Å²) in [6.45, 7) is -0.172. The number of nitrogens with one attached hydrogen (secondary N) is 1. The second-order valence-corrected chi connectivity index (χ2v) is 4.99. The summed E-state index contributed by atoms with van der Waals surface area (Å²) in [5.74, 6) is -0.686. The van der Waals surface area contributed by atoms with Crippen molar-refractivity contribution >= 4 is 17.4 Å². The first-order valence-corrected chi connectivity index (χ1v) is 6.77. The van der Waals surface area contributed by atoms with Crippen LogP contribution in [0.5, 0.6) is 0 Å². The molecule has 1 aliphatic carbocycles. The standard InChI is InChI=1S/C15H19NO3/c17-14(18)10-16-13-9-5-4-8-12(13)15(19)11-6-2-1-3-7-11/h4-5,8-9,11,16H,1-3,6-7,10H2,(H,17,18). The molecule has 0 amide bonds. The first kappa shape index (κ1) is 13.6. The molecule has 0 bridgehead atoms. The van der Waals surface area contributed by atoms with E-state index in [1.54, 1.807) is 12.1 Å². The van der Waals surface area contributed by atoms with Crippen LogP contribution in [0.2, 0.25) is 0 Å². The fourth-order valence-corrected chi connectivity index (χ4v) is 2.61. The molecule has 0 aromatic heterocycles. The maximum absolute atomic E-state index is 12.5. The fourth-order valence-electron chi connectivity index (χ4n) is 2.61. The Hall–Kier alpha value is -1.84. The van der Waals surface area contributed by atoms with Gasteiger partial charge in [-0.3, -0.25) is 9.59 Å². The minimum atomic E-state index is -0.931. The number of para-hydroxylation sites is 1. The third kappa shape index (κ3) is 3.56. The lowest BCUT2D eigenvalue weighted by Crippen LogP contribution is -2.20. The van der Waals surface area contributed by atoms with E-state index >= 15 is 0 Å². The van der Waals surface area contributed by atoms with Crippen LogP contribution in [0.15, 0.2) is 24.3 Å². The second-order valence-electron chi connectivity index (χ2n) is 4.99. The zero-order valence-corrected chi connectivity index (χ0v) is 10.9. The number of rotatable bonds is 5. The number of benzene rings is 1. The molecular weight excluding hydrogens is 242 g/mol. The van der Waals surface area contributed by atoms with Crippen LogP contribution in [0.3, 0.4) is 0 Å². The topological polar surface area (TPSA) is 66.4 Å².